The Hall–Kier alpha value is -1.64. The van der Waals surface area contributed by atoms with Gasteiger partial charge >= 0.3 is 0 Å². The first kappa shape index (κ1) is 12.8. The van der Waals surface area contributed by atoms with Crippen molar-refractivity contribution in [2.24, 2.45) is 0 Å². The van der Waals surface area contributed by atoms with Crippen LogP contribution < -0.4 is 0 Å². The average molecular weight is 241 g/mol. The summed E-state index contributed by atoms with van der Waals surface area (Å²) in [6.07, 6.45) is 0. The van der Waals surface area contributed by atoms with Crippen LogP contribution in [0, 0.1) is 0 Å². The van der Waals surface area contributed by atoms with E-state index in [9.17, 15) is 5.11 Å². The van der Waals surface area contributed by atoms with Gasteiger partial charge in [-0.2, -0.15) is 0 Å². The van der Waals surface area contributed by atoms with E-state index in [0.717, 1.165) is 18.7 Å². The SMILES string of the molecule is CN(Cc1ccccc1)Cc1ccccc1CO. The highest BCUT2D eigenvalue weighted by Crippen LogP contribution is 2.12. The summed E-state index contributed by atoms with van der Waals surface area (Å²) in [5, 5.41) is 9.30. The number of aliphatic hydroxyl groups is 1. The number of hydrogen-bond donors (Lipinski definition) is 1. The van der Waals surface area contributed by atoms with Crippen molar-refractivity contribution in [1.29, 1.82) is 0 Å². The molecule has 0 aliphatic rings. The van der Waals surface area contributed by atoms with E-state index >= 15 is 0 Å². The molecule has 0 radical (unpaired) electrons. The van der Waals surface area contributed by atoms with Crippen LogP contribution in [0.15, 0.2) is 54.6 Å². The summed E-state index contributed by atoms with van der Waals surface area (Å²) in [5.74, 6) is 0. The summed E-state index contributed by atoms with van der Waals surface area (Å²) in [6.45, 7) is 1.88. The fraction of sp³-hybridized carbons (Fsp3) is 0.250. The minimum absolute atomic E-state index is 0.106. The van der Waals surface area contributed by atoms with Crippen LogP contribution in [0.25, 0.3) is 0 Å². The number of nitrogens with zero attached hydrogens (tertiary/aromatic N) is 1. The van der Waals surface area contributed by atoms with Crippen molar-refractivity contribution in [2.45, 2.75) is 19.7 Å². The molecule has 0 bridgehead atoms. The lowest BCUT2D eigenvalue weighted by Gasteiger charge is -2.18. The predicted octanol–water partition coefficient (Wildman–Crippen LogP) is 2.81. The van der Waals surface area contributed by atoms with Crippen molar-refractivity contribution in [2.75, 3.05) is 7.05 Å². The molecule has 0 aromatic heterocycles. The first-order valence-electron chi connectivity index (χ1n) is 6.19. The zero-order valence-corrected chi connectivity index (χ0v) is 10.7. The Morgan fingerprint density at radius 2 is 1.44 bits per heavy atom. The van der Waals surface area contributed by atoms with Gasteiger partial charge in [0.1, 0.15) is 0 Å². The minimum Gasteiger partial charge on any atom is -0.392 e. The lowest BCUT2D eigenvalue weighted by Crippen LogP contribution is -2.18. The second-order valence-electron chi connectivity index (χ2n) is 4.58. The molecule has 0 aliphatic heterocycles. The van der Waals surface area contributed by atoms with Crippen LogP contribution in [-0.4, -0.2) is 17.1 Å². The third-order valence-electron chi connectivity index (χ3n) is 3.02. The van der Waals surface area contributed by atoms with Gasteiger partial charge in [-0.15, -0.1) is 0 Å². The fourth-order valence-corrected chi connectivity index (χ4v) is 2.11. The molecule has 0 amide bonds. The zero-order chi connectivity index (χ0) is 12.8. The Kier molecular flexibility index (Phi) is 4.51. The lowest BCUT2D eigenvalue weighted by atomic mass is 10.1. The second-order valence-corrected chi connectivity index (χ2v) is 4.58. The zero-order valence-electron chi connectivity index (χ0n) is 10.7. The van der Waals surface area contributed by atoms with E-state index in [1.165, 1.54) is 11.1 Å². The van der Waals surface area contributed by atoms with Gasteiger partial charge in [0, 0.05) is 13.1 Å². The van der Waals surface area contributed by atoms with E-state index in [0.29, 0.717) is 0 Å². The van der Waals surface area contributed by atoms with Crippen molar-refractivity contribution < 1.29 is 5.11 Å². The maximum absolute atomic E-state index is 9.30. The van der Waals surface area contributed by atoms with Gasteiger partial charge in [0.25, 0.3) is 0 Å². The molecule has 94 valence electrons. The molecular weight excluding hydrogens is 222 g/mol. The van der Waals surface area contributed by atoms with E-state index in [1.54, 1.807) is 0 Å². The summed E-state index contributed by atoms with van der Waals surface area (Å²) in [7, 11) is 2.10. The Morgan fingerprint density at radius 1 is 0.833 bits per heavy atom. The first-order valence-corrected chi connectivity index (χ1v) is 6.19. The van der Waals surface area contributed by atoms with Crippen LogP contribution in [0.2, 0.25) is 0 Å². The molecule has 2 nitrogen and oxygen atoms in total. The Balaban J connectivity index is 2.01. The third-order valence-corrected chi connectivity index (χ3v) is 3.02. The van der Waals surface area contributed by atoms with Gasteiger partial charge in [-0.1, -0.05) is 54.6 Å². The normalized spacial score (nSPS) is 10.8. The van der Waals surface area contributed by atoms with Crippen LogP contribution in [0.4, 0.5) is 0 Å². The van der Waals surface area contributed by atoms with E-state index in [4.69, 9.17) is 0 Å². The quantitative estimate of drug-likeness (QED) is 0.870. The number of hydrogen-bond acceptors (Lipinski definition) is 2. The van der Waals surface area contributed by atoms with Crippen molar-refractivity contribution in [3.8, 4) is 0 Å². The average Bonchev–Trinajstić information content (AvgIpc) is 2.40. The molecule has 1 N–H and O–H groups in total. The molecule has 0 saturated carbocycles. The highest BCUT2D eigenvalue weighted by Gasteiger charge is 2.05. The van der Waals surface area contributed by atoms with Crippen LogP contribution in [0.3, 0.4) is 0 Å². The lowest BCUT2D eigenvalue weighted by molar-refractivity contribution is 0.274. The van der Waals surface area contributed by atoms with E-state index in [1.807, 2.05) is 24.3 Å². The molecule has 2 rings (SSSR count). The van der Waals surface area contributed by atoms with Crippen molar-refractivity contribution in [3.63, 3.8) is 0 Å². The Bertz CT molecular complexity index is 481. The summed E-state index contributed by atoms with van der Waals surface area (Å²) < 4.78 is 0. The van der Waals surface area contributed by atoms with Crippen LogP contribution in [0.1, 0.15) is 16.7 Å². The standard InChI is InChI=1S/C16H19NO/c1-17(11-14-7-3-2-4-8-14)12-15-9-5-6-10-16(15)13-18/h2-10,18H,11-13H2,1H3. The van der Waals surface area contributed by atoms with Gasteiger partial charge in [-0.3, -0.25) is 4.90 Å². The first-order chi connectivity index (χ1) is 8.79. The van der Waals surface area contributed by atoms with E-state index < -0.39 is 0 Å². The summed E-state index contributed by atoms with van der Waals surface area (Å²) in [6, 6.07) is 18.5. The van der Waals surface area contributed by atoms with Gasteiger partial charge in [0.05, 0.1) is 6.61 Å². The Labute approximate surface area is 109 Å². The summed E-state index contributed by atoms with van der Waals surface area (Å²) in [5.41, 5.74) is 3.51. The van der Waals surface area contributed by atoms with Gasteiger partial charge in [0.2, 0.25) is 0 Å². The van der Waals surface area contributed by atoms with Crippen LogP contribution in [-0.2, 0) is 19.7 Å². The van der Waals surface area contributed by atoms with Gasteiger partial charge < -0.3 is 5.11 Å². The highest BCUT2D eigenvalue weighted by molar-refractivity contribution is 5.26. The number of benzene rings is 2. The highest BCUT2D eigenvalue weighted by atomic mass is 16.3. The molecule has 2 aromatic carbocycles. The number of rotatable bonds is 5. The molecule has 0 heterocycles. The van der Waals surface area contributed by atoms with E-state index in [-0.39, 0.29) is 6.61 Å². The molecule has 0 unspecified atom stereocenters. The van der Waals surface area contributed by atoms with Crippen molar-refractivity contribution in [3.05, 3.63) is 71.3 Å². The molecule has 2 aromatic rings. The third kappa shape index (κ3) is 3.42. The molecular formula is C16H19NO. The fourth-order valence-electron chi connectivity index (χ4n) is 2.11. The second kappa shape index (κ2) is 6.34. The number of aliphatic hydroxyl groups excluding tert-OH is 1. The van der Waals surface area contributed by atoms with Gasteiger partial charge in [0.15, 0.2) is 0 Å². The largest absolute Gasteiger partial charge is 0.392 e. The molecule has 0 aliphatic carbocycles. The van der Waals surface area contributed by atoms with Crippen molar-refractivity contribution in [1.82, 2.24) is 4.90 Å². The van der Waals surface area contributed by atoms with Crippen LogP contribution in [0.5, 0.6) is 0 Å². The molecule has 18 heavy (non-hydrogen) atoms. The minimum atomic E-state index is 0.106. The van der Waals surface area contributed by atoms with Gasteiger partial charge in [-0.05, 0) is 23.7 Å². The predicted molar refractivity (Wildman–Crippen MR) is 74.0 cm³/mol. The summed E-state index contributed by atoms with van der Waals surface area (Å²) in [4.78, 5) is 2.25. The molecule has 0 saturated heterocycles. The summed E-state index contributed by atoms with van der Waals surface area (Å²) >= 11 is 0. The molecule has 0 fully saturated rings. The molecule has 2 heteroatoms. The molecule has 0 atom stereocenters. The van der Waals surface area contributed by atoms with Gasteiger partial charge in [-0.25, -0.2) is 0 Å². The maximum atomic E-state index is 9.30. The maximum Gasteiger partial charge on any atom is 0.0685 e. The molecule has 0 spiro atoms. The van der Waals surface area contributed by atoms with Crippen molar-refractivity contribution >= 4 is 0 Å². The van der Waals surface area contributed by atoms with E-state index in [2.05, 4.69) is 42.3 Å². The topological polar surface area (TPSA) is 23.5 Å². The van der Waals surface area contributed by atoms with Crippen LogP contribution >= 0.6 is 0 Å². The monoisotopic (exact) mass is 241 g/mol. The Morgan fingerprint density at radius 3 is 2.11 bits per heavy atom. The smallest absolute Gasteiger partial charge is 0.0685 e.